The lowest BCUT2D eigenvalue weighted by Gasteiger charge is -2.03. The zero-order chi connectivity index (χ0) is 10.1. The topological polar surface area (TPSA) is 56.7 Å². The zero-order valence-electron chi connectivity index (χ0n) is 7.61. The number of nitrogens with two attached hydrogens (primary N) is 1. The van der Waals surface area contributed by atoms with E-state index in [0.29, 0.717) is 5.82 Å². The van der Waals surface area contributed by atoms with Gasteiger partial charge in [0.2, 0.25) is 0 Å². The molecular weight excluding hydrogens is 244 g/mol. The fourth-order valence-corrected chi connectivity index (χ4v) is 1.48. The van der Waals surface area contributed by atoms with Crippen molar-refractivity contribution in [3.8, 4) is 5.69 Å². The normalized spacial score (nSPS) is 10.4. The van der Waals surface area contributed by atoms with Crippen LogP contribution in [0.4, 0.5) is 5.82 Å². The summed E-state index contributed by atoms with van der Waals surface area (Å²) in [5.74, 6) is 0.491. The van der Waals surface area contributed by atoms with E-state index in [9.17, 15) is 0 Å². The van der Waals surface area contributed by atoms with Crippen molar-refractivity contribution in [2.75, 3.05) is 5.73 Å². The van der Waals surface area contributed by atoms with Crippen LogP contribution in [0.5, 0.6) is 0 Å². The standard InChI is InChI=1S/C9H9BrN4/c1-6-4-14(5-13-6)7-2-8(10)9(11)12-3-7/h2-5H,1H3,(H2,11,12). The number of imidazole rings is 1. The molecular formula is C9H9BrN4. The Kier molecular flexibility index (Phi) is 2.25. The van der Waals surface area contributed by atoms with E-state index in [4.69, 9.17) is 5.73 Å². The quantitative estimate of drug-likeness (QED) is 0.844. The average molecular weight is 253 g/mol. The monoisotopic (exact) mass is 252 g/mol. The first-order valence-electron chi connectivity index (χ1n) is 4.09. The highest BCUT2D eigenvalue weighted by Crippen LogP contribution is 2.19. The summed E-state index contributed by atoms with van der Waals surface area (Å²) < 4.78 is 2.69. The third kappa shape index (κ3) is 1.63. The Labute approximate surface area is 89.9 Å². The van der Waals surface area contributed by atoms with Gasteiger partial charge in [0.15, 0.2) is 0 Å². The van der Waals surface area contributed by atoms with Gasteiger partial charge in [0.1, 0.15) is 5.82 Å². The van der Waals surface area contributed by atoms with Crippen LogP contribution in [-0.2, 0) is 0 Å². The number of hydrogen-bond acceptors (Lipinski definition) is 3. The number of anilines is 1. The Balaban J connectivity index is 2.47. The summed E-state index contributed by atoms with van der Waals surface area (Å²) >= 11 is 3.33. The predicted molar refractivity (Wildman–Crippen MR) is 58.2 cm³/mol. The zero-order valence-corrected chi connectivity index (χ0v) is 9.19. The van der Waals surface area contributed by atoms with Gasteiger partial charge in [0.05, 0.1) is 28.4 Å². The van der Waals surface area contributed by atoms with E-state index in [2.05, 4.69) is 25.9 Å². The molecule has 2 heterocycles. The first-order chi connectivity index (χ1) is 6.66. The van der Waals surface area contributed by atoms with Gasteiger partial charge < -0.3 is 10.3 Å². The Morgan fingerprint density at radius 2 is 2.21 bits per heavy atom. The molecule has 72 valence electrons. The fraction of sp³-hybridized carbons (Fsp3) is 0.111. The van der Waals surface area contributed by atoms with E-state index in [-0.39, 0.29) is 0 Å². The molecule has 4 nitrogen and oxygen atoms in total. The number of nitrogen functional groups attached to an aromatic ring is 1. The van der Waals surface area contributed by atoms with Crippen LogP contribution in [0.25, 0.3) is 5.69 Å². The maximum Gasteiger partial charge on any atom is 0.137 e. The first-order valence-corrected chi connectivity index (χ1v) is 4.88. The molecule has 2 N–H and O–H groups in total. The first kappa shape index (κ1) is 9.21. The molecule has 0 fully saturated rings. The van der Waals surface area contributed by atoms with Crippen LogP contribution in [0.15, 0.2) is 29.3 Å². The average Bonchev–Trinajstić information content (AvgIpc) is 2.57. The van der Waals surface area contributed by atoms with Crippen LogP contribution in [0.2, 0.25) is 0 Å². The summed E-state index contributed by atoms with van der Waals surface area (Å²) in [4.78, 5) is 8.18. The maximum atomic E-state index is 5.59. The van der Waals surface area contributed by atoms with Crippen molar-refractivity contribution in [3.63, 3.8) is 0 Å². The van der Waals surface area contributed by atoms with Crippen molar-refractivity contribution in [1.29, 1.82) is 0 Å². The van der Waals surface area contributed by atoms with Crippen LogP contribution in [0, 0.1) is 6.92 Å². The molecule has 0 aliphatic rings. The minimum absolute atomic E-state index is 0.491. The second-order valence-electron chi connectivity index (χ2n) is 2.98. The summed E-state index contributed by atoms with van der Waals surface area (Å²) in [6.07, 6.45) is 5.38. The van der Waals surface area contributed by atoms with Gasteiger partial charge in [-0.2, -0.15) is 0 Å². The molecule has 0 bridgehead atoms. The van der Waals surface area contributed by atoms with Gasteiger partial charge in [-0.15, -0.1) is 0 Å². The van der Waals surface area contributed by atoms with Crippen molar-refractivity contribution < 1.29 is 0 Å². The maximum absolute atomic E-state index is 5.59. The van der Waals surface area contributed by atoms with Gasteiger partial charge in [-0.25, -0.2) is 9.97 Å². The number of nitrogens with zero attached hydrogens (tertiary/aromatic N) is 3. The van der Waals surface area contributed by atoms with E-state index in [1.54, 1.807) is 12.5 Å². The predicted octanol–water partition coefficient (Wildman–Crippen LogP) is 1.92. The van der Waals surface area contributed by atoms with E-state index in [1.807, 2.05) is 23.8 Å². The summed E-state index contributed by atoms with van der Waals surface area (Å²) in [7, 11) is 0. The van der Waals surface area contributed by atoms with Gasteiger partial charge >= 0.3 is 0 Å². The molecule has 0 atom stereocenters. The van der Waals surface area contributed by atoms with E-state index >= 15 is 0 Å². The number of aryl methyl sites for hydroxylation is 1. The smallest absolute Gasteiger partial charge is 0.137 e. The molecule has 0 unspecified atom stereocenters. The van der Waals surface area contributed by atoms with Crippen LogP contribution in [0.1, 0.15) is 5.69 Å². The van der Waals surface area contributed by atoms with E-state index in [1.165, 1.54) is 0 Å². The number of halogens is 1. The van der Waals surface area contributed by atoms with Gasteiger partial charge in [-0.1, -0.05) is 0 Å². The van der Waals surface area contributed by atoms with Gasteiger partial charge in [-0.05, 0) is 28.9 Å². The number of hydrogen-bond donors (Lipinski definition) is 1. The molecule has 0 spiro atoms. The van der Waals surface area contributed by atoms with Crippen molar-refractivity contribution in [1.82, 2.24) is 14.5 Å². The lowest BCUT2D eigenvalue weighted by atomic mass is 10.4. The van der Waals surface area contributed by atoms with Crippen LogP contribution < -0.4 is 5.73 Å². The van der Waals surface area contributed by atoms with Crippen LogP contribution >= 0.6 is 15.9 Å². The summed E-state index contributed by atoms with van der Waals surface area (Å²) in [5, 5.41) is 0. The molecule has 2 aromatic rings. The molecule has 0 aliphatic heterocycles. The van der Waals surface area contributed by atoms with Gasteiger partial charge in [-0.3, -0.25) is 0 Å². The van der Waals surface area contributed by atoms with Gasteiger partial charge in [0, 0.05) is 6.20 Å². The van der Waals surface area contributed by atoms with Gasteiger partial charge in [0.25, 0.3) is 0 Å². The Morgan fingerprint density at radius 3 is 2.79 bits per heavy atom. The lowest BCUT2D eigenvalue weighted by molar-refractivity contribution is 1.04. The molecule has 0 saturated heterocycles. The second-order valence-corrected chi connectivity index (χ2v) is 3.84. The summed E-state index contributed by atoms with van der Waals surface area (Å²) in [5.41, 5.74) is 7.50. The largest absolute Gasteiger partial charge is 0.383 e. The van der Waals surface area contributed by atoms with Crippen molar-refractivity contribution in [2.45, 2.75) is 6.92 Å². The third-order valence-corrected chi connectivity index (χ3v) is 2.50. The number of pyridine rings is 1. The SMILES string of the molecule is Cc1cn(-c2cnc(N)c(Br)c2)cn1. The summed E-state index contributed by atoms with van der Waals surface area (Å²) in [6.45, 7) is 1.94. The minimum atomic E-state index is 0.491. The van der Waals surface area contributed by atoms with E-state index < -0.39 is 0 Å². The van der Waals surface area contributed by atoms with E-state index in [0.717, 1.165) is 15.9 Å². The van der Waals surface area contributed by atoms with Crippen molar-refractivity contribution in [3.05, 3.63) is 35.0 Å². The Bertz CT molecular complexity index is 464. The molecule has 14 heavy (non-hydrogen) atoms. The van der Waals surface area contributed by atoms with Crippen LogP contribution in [-0.4, -0.2) is 14.5 Å². The van der Waals surface area contributed by atoms with Crippen molar-refractivity contribution in [2.24, 2.45) is 0 Å². The molecule has 2 aromatic heterocycles. The number of rotatable bonds is 1. The Hall–Kier alpha value is -1.36. The van der Waals surface area contributed by atoms with Crippen molar-refractivity contribution >= 4 is 21.7 Å². The summed E-state index contributed by atoms with van der Waals surface area (Å²) in [6, 6.07) is 1.91. The lowest BCUT2D eigenvalue weighted by Crippen LogP contribution is -1.96. The molecule has 5 heteroatoms. The molecule has 2 rings (SSSR count). The molecule has 0 aliphatic carbocycles. The minimum Gasteiger partial charge on any atom is -0.383 e. The Morgan fingerprint density at radius 1 is 1.43 bits per heavy atom. The fourth-order valence-electron chi connectivity index (χ4n) is 1.14. The highest BCUT2D eigenvalue weighted by molar-refractivity contribution is 9.10. The highest BCUT2D eigenvalue weighted by Gasteiger charge is 2.01. The third-order valence-electron chi connectivity index (χ3n) is 1.87. The van der Waals surface area contributed by atoms with Crippen LogP contribution in [0.3, 0.4) is 0 Å². The second kappa shape index (κ2) is 3.42. The highest BCUT2D eigenvalue weighted by atomic mass is 79.9. The molecule has 0 saturated carbocycles. The molecule has 0 radical (unpaired) electrons. The molecule has 0 aromatic carbocycles. The molecule has 0 amide bonds. The number of aromatic nitrogens is 3.